The van der Waals surface area contributed by atoms with E-state index in [0.29, 0.717) is 5.56 Å². The molecule has 0 fully saturated rings. The molecular formula is C15H20F3NO2. The van der Waals surface area contributed by atoms with E-state index in [9.17, 15) is 18.0 Å². The lowest BCUT2D eigenvalue weighted by molar-refractivity contribution is -0.274. The lowest BCUT2D eigenvalue weighted by atomic mass is 9.95. The number of benzene rings is 1. The normalized spacial score (nSPS) is 13.6. The minimum absolute atomic E-state index is 0.00631. The Balaban J connectivity index is 2.96. The number of ether oxygens (including phenoxy) is 1. The molecule has 0 aliphatic rings. The number of Topliss-reactive ketones (excluding diaryl/α,β-unsaturated/α-hetero) is 1. The number of rotatable bonds is 6. The van der Waals surface area contributed by atoms with Crippen LogP contribution in [-0.4, -0.2) is 18.2 Å². The van der Waals surface area contributed by atoms with Gasteiger partial charge in [0.15, 0.2) is 5.78 Å². The van der Waals surface area contributed by atoms with Crippen molar-refractivity contribution in [3.8, 4) is 5.75 Å². The average molecular weight is 303 g/mol. The van der Waals surface area contributed by atoms with Crippen LogP contribution in [0.2, 0.25) is 0 Å². The highest BCUT2D eigenvalue weighted by Gasteiger charge is 2.31. The molecule has 0 radical (unpaired) electrons. The molecule has 1 rings (SSSR count). The first kappa shape index (κ1) is 17.5. The largest absolute Gasteiger partial charge is 0.573 e. The van der Waals surface area contributed by atoms with Crippen molar-refractivity contribution in [2.75, 3.05) is 0 Å². The molecule has 0 heterocycles. The van der Waals surface area contributed by atoms with Crippen LogP contribution in [0.5, 0.6) is 5.75 Å². The summed E-state index contributed by atoms with van der Waals surface area (Å²) in [7, 11) is 0. The van der Waals surface area contributed by atoms with Gasteiger partial charge >= 0.3 is 6.36 Å². The van der Waals surface area contributed by atoms with Gasteiger partial charge in [0.25, 0.3) is 0 Å². The molecule has 1 unspecified atom stereocenters. The molecule has 21 heavy (non-hydrogen) atoms. The van der Waals surface area contributed by atoms with Gasteiger partial charge in [0.05, 0.1) is 6.04 Å². The van der Waals surface area contributed by atoms with Crippen molar-refractivity contribution in [1.29, 1.82) is 0 Å². The summed E-state index contributed by atoms with van der Waals surface area (Å²) in [6.45, 7) is 7.39. The van der Waals surface area contributed by atoms with Crippen LogP contribution >= 0.6 is 0 Å². The molecule has 0 aromatic heterocycles. The number of alkyl halides is 3. The first-order chi connectivity index (χ1) is 9.60. The summed E-state index contributed by atoms with van der Waals surface area (Å²) in [5.41, 5.74) is 0.622. The van der Waals surface area contributed by atoms with Gasteiger partial charge in [0, 0.05) is 12.0 Å². The molecular weight excluding hydrogens is 283 g/mol. The second-order valence-electron chi connectivity index (χ2n) is 5.43. The number of hydrogen-bond donors (Lipinski definition) is 1. The van der Waals surface area contributed by atoms with E-state index < -0.39 is 12.4 Å². The van der Waals surface area contributed by atoms with Crippen molar-refractivity contribution in [2.24, 2.45) is 5.92 Å². The Morgan fingerprint density at radius 2 is 1.62 bits per heavy atom. The Kier molecular flexibility index (Phi) is 5.78. The minimum atomic E-state index is -4.72. The standard InChI is InChI=1S/C15H20F3NO2/c1-9(2)14(20)13(19-10(3)4)11-5-7-12(8-6-11)21-15(16,17)18/h5-10,13,19H,1-4H3. The van der Waals surface area contributed by atoms with E-state index in [1.807, 2.05) is 13.8 Å². The van der Waals surface area contributed by atoms with E-state index in [0.717, 1.165) is 0 Å². The highest BCUT2D eigenvalue weighted by atomic mass is 19.4. The molecule has 6 heteroatoms. The minimum Gasteiger partial charge on any atom is -0.406 e. The Labute approximate surface area is 122 Å². The van der Waals surface area contributed by atoms with Crippen molar-refractivity contribution in [1.82, 2.24) is 5.32 Å². The molecule has 1 atom stereocenters. The lowest BCUT2D eigenvalue weighted by Gasteiger charge is -2.22. The summed E-state index contributed by atoms with van der Waals surface area (Å²) in [6.07, 6.45) is -4.72. The van der Waals surface area contributed by atoms with Crippen molar-refractivity contribution in [3.05, 3.63) is 29.8 Å². The number of halogens is 3. The SMILES string of the molecule is CC(C)NC(C(=O)C(C)C)c1ccc(OC(F)(F)F)cc1. The van der Waals surface area contributed by atoms with Crippen molar-refractivity contribution >= 4 is 5.78 Å². The zero-order chi connectivity index (χ0) is 16.2. The van der Waals surface area contributed by atoms with Gasteiger partial charge in [-0.25, -0.2) is 0 Å². The molecule has 1 N–H and O–H groups in total. The maximum Gasteiger partial charge on any atom is 0.573 e. The molecule has 0 aliphatic heterocycles. The van der Waals surface area contributed by atoms with Gasteiger partial charge in [-0.15, -0.1) is 13.2 Å². The smallest absolute Gasteiger partial charge is 0.406 e. The Hall–Kier alpha value is -1.56. The zero-order valence-corrected chi connectivity index (χ0v) is 12.5. The Morgan fingerprint density at radius 3 is 2.00 bits per heavy atom. The second kappa shape index (κ2) is 6.93. The van der Waals surface area contributed by atoms with E-state index in [-0.39, 0.29) is 23.5 Å². The van der Waals surface area contributed by atoms with Crippen LogP contribution in [0.4, 0.5) is 13.2 Å². The van der Waals surface area contributed by atoms with Crippen molar-refractivity contribution in [3.63, 3.8) is 0 Å². The van der Waals surface area contributed by atoms with E-state index in [1.54, 1.807) is 13.8 Å². The molecule has 1 aromatic carbocycles. The fraction of sp³-hybridized carbons (Fsp3) is 0.533. The summed E-state index contributed by atoms with van der Waals surface area (Å²) < 4.78 is 40.2. The van der Waals surface area contributed by atoms with Crippen LogP contribution in [0.25, 0.3) is 0 Å². The Bertz CT molecular complexity index is 467. The van der Waals surface area contributed by atoms with E-state index in [1.165, 1.54) is 24.3 Å². The van der Waals surface area contributed by atoms with E-state index in [4.69, 9.17) is 0 Å². The predicted octanol–water partition coefficient (Wildman–Crippen LogP) is 3.85. The van der Waals surface area contributed by atoms with Crippen molar-refractivity contribution < 1.29 is 22.7 Å². The monoisotopic (exact) mass is 303 g/mol. The highest BCUT2D eigenvalue weighted by Crippen LogP contribution is 2.25. The third-order valence-electron chi connectivity index (χ3n) is 2.80. The number of nitrogens with one attached hydrogen (secondary N) is 1. The maximum atomic E-state index is 12.2. The molecule has 1 aromatic rings. The van der Waals surface area contributed by atoms with Gasteiger partial charge in [0.2, 0.25) is 0 Å². The molecule has 3 nitrogen and oxygen atoms in total. The van der Waals surface area contributed by atoms with Crippen LogP contribution in [0, 0.1) is 5.92 Å². The van der Waals surface area contributed by atoms with Gasteiger partial charge in [-0.2, -0.15) is 0 Å². The zero-order valence-electron chi connectivity index (χ0n) is 12.5. The van der Waals surface area contributed by atoms with Crippen LogP contribution in [0.15, 0.2) is 24.3 Å². The molecule has 0 saturated carbocycles. The molecule has 0 aliphatic carbocycles. The first-order valence-corrected chi connectivity index (χ1v) is 6.75. The van der Waals surface area contributed by atoms with E-state index in [2.05, 4.69) is 10.1 Å². The number of ketones is 1. The third-order valence-corrected chi connectivity index (χ3v) is 2.80. The molecule has 0 bridgehead atoms. The van der Waals surface area contributed by atoms with Gasteiger partial charge in [0.1, 0.15) is 5.75 Å². The fourth-order valence-electron chi connectivity index (χ4n) is 1.87. The van der Waals surface area contributed by atoms with Gasteiger partial charge in [-0.05, 0) is 31.5 Å². The van der Waals surface area contributed by atoms with Gasteiger partial charge in [-0.3, -0.25) is 4.79 Å². The number of carbonyl (C=O) groups is 1. The third kappa shape index (κ3) is 5.75. The fourth-order valence-corrected chi connectivity index (χ4v) is 1.87. The quantitative estimate of drug-likeness (QED) is 0.867. The first-order valence-electron chi connectivity index (χ1n) is 6.75. The number of hydrogen-bond acceptors (Lipinski definition) is 3. The summed E-state index contributed by atoms with van der Waals surface area (Å²) in [5, 5.41) is 3.13. The second-order valence-corrected chi connectivity index (χ2v) is 5.43. The van der Waals surface area contributed by atoms with Crippen LogP contribution < -0.4 is 10.1 Å². The topological polar surface area (TPSA) is 38.3 Å². The number of carbonyl (C=O) groups excluding carboxylic acids is 1. The summed E-state index contributed by atoms with van der Waals surface area (Å²) in [5.74, 6) is -0.480. The van der Waals surface area contributed by atoms with Gasteiger partial charge in [-0.1, -0.05) is 26.0 Å². The summed E-state index contributed by atoms with van der Waals surface area (Å²) in [4.78, 5) is 12.2. The lowest BCUT2D eigenvalue weighted by Crippen LogP contribution is -2.35. The van der Waals surface area contributed by atoms with E-state index >= 15 is 0 Å². The summed E-state index contributed by atoms with van der Waals surface area (Å²) >= 11 is 0. The highest BCUT2D eigenvalue weighted by molar-refractivity contribution is 5.87. The molecule has 0 spiro atoms. The van der Waals surface area contributed by atoms with Gasteiger partial charge < -0.3 is 10.1 Å². The Morgan fingerprint density at radius 1 is 1.10 bits per heavy atom. The summed E-state index contributed by atoms with van der Waals surface area (Å²) in [6, 6.07) is 4.91. The maximum absolute atomic E-state index is 12.2. The van der Waals surface area contributed by atoms with Crippen LogP contribution in [0.3, 0.4) is 0 Å². The van der Waals surface area contributed by atoms with Crippen molar-refractivity contribution in [2.45, 2.75) is 46.1 Å². The predicted molar refractivity (Wildman–Crippen MR) is 74.0 cm³/mol. The van der Waals surface area contributed by atoms with Crippen LogP contribution in [0.1, 0.15) is 39.3 Å². The van der Waals surface area contributed by atoms with Crippen LogP contribution in [-0.2, 0) is 4.79 Å². The molecule has 118 valence electrons. The average Bonchev–Trinajstić information content (AvgIpc) is 2.34. The molecule has 0 amide bonds. The molecule has 0 saturated heterocycles.